The highest BCUT2D eigenvalue weighted by Crippen LogP contribution is 2.28. The Morgan fingerprint density at radius 1 is 1.42 bits per heavy atom. The van der Waals surface area contributed by atoms with Gasteiger partial charge in [0.1, 0.15) is 0 Å². The Kier molecular flexibility index (Phi) is 3.85. The van der Waals surface area contributed by atoms with Crippen molar-refractivity contribution in [1.82, 2.24) is 4.31 Å². The summed E-state index contributed by atoms with van der Waals surface area (Å²) >= 11 is 0. The molecule has 1 aliphatic rings. The van der Waals surface area contributed by atoms with Gasteiger partial charge in [0.15, 0.2) is 0 Å². The van der Waals surface area contributed by atoms with Gasteiger partial charge in [-0.1, -0.05) is 0 Å². The molecular weight excluding hydrogens is 264 g/mol. The van der Waals surface area contributed by atoms with Gasteiger partial charge in [0, 0.05) is 25.4 Å². The standard InChI is InChI=1S/C13H20N2O3S/c1-9-5-12(14)6-13(10(9)2)19(17,18)15-4-3-11(7-15)8-16/h5-6,11,16H,3-4,7-8,14H2,1-2H3. The highest BCUT2D eigenvalue weighted by atomic mass is 32.2. The van der Waals surface area contributed by atoms with E-state index in [0.29, 0.717) is 25.2 Å². The number of rotatable bonds is 3. The van der Waals surface area contributed by atoms with E-state index >= 15 is 0 Å². The van der Waals surface area contributed by atoms with Crippen LogP contribution in [0, 0.1) is 19.8 Å². The molecule has 1 aromatic rings. The molecule has 19 heavy (non-hydrogen) atoms. The van der Waals surface area contributed by atoms with Gasteiger partial charge in [-0.05, 0) is 49.4 Å². The van der Waals surface area contributed by atoms with Crippen LogP contribution < -0.4 is 5.73 Å². The molecule has 0 radical (unpaired) electrons. The van der Waals surface area contributed by atoms with Crippen molar-refractivity contribution in [2.75, 3.05) is 25.4 Å². The maximum Gasteiger partial charge on any atom is 0.243 e. The van der Waals surface area contributed by atoms with Crippen LogP contribution >= 0.6 is 0 Å². The first-order valence-corrected chi connectivity index (χ1v) is 7.78. The smallest absolute Gasteiger partial charge is 0.243 e. The number of nitrogens with two attached hydrogens (primary N) is 1. The summed E-state index contributed by atoms with van der Waals surface area (Å²) in [4.78, 5) is 0.281. The Labute approximate surface area is 114 Å². The normalized spacial score (nSPS) is 20.9. The van der Waals surface area contributed by atoms with Gasteiger partial charge >= 0.3 is 0 Å². The van der Waals surface area contributed by atoms with Crippen molar-refractivity contribution in [2.45, 2.75) is 25.2 Å². The Balaban J connectivity index is 2.41. The number of sulfonamides is 1. The third kappa shape index (κ3) is 2.61. The molecule has 1 aliphatic heterocycles. The molecule has 3 N–H and O–H groups in total. The molecule has 5 nitrogen and oxygen atoms in total. The van der Waals surface area contributed by atoms with Gasteiger partial charge < -0.3 is 10.8 Å². The van der Waals surface area contributed by atoms with Crippen molar-refractivity contribution in [3.63, 3.8) is 0 Å². The van der Waals surface area contributed by atoms with E-state index in [1.807, 2.05) is 6.92 Å². The summed E-state index contributed by atoms with van der Waals surface area (Å²) in [5.41, 5.74) is 7.82. The lowest BCUT2D eigenvalue weighted by molar-refractivity contribution is 0.233. The van der Waals surface area contributed by atoms with Crippen molar-refractivity contribution in [2.24, 2.45) is 5.92 Å². The first-order valence-electron chi connectivity index (χ1n) is 6.34. The first-order chi connectivity index (χ1) is 8.86. The summed E-state index contributed by atoms with van der Waals surface area (Å²) in [5.74, 6) is 0.0391. The summed E-state index contributed by atoms with van der Waals surface area (Å²) in [6.07, 6.45) is 0.704. The molecule has 1 saturated heterocycles. The number of anilines is 1. The predicted molar refractivity (Wildman–Crippen MR) is 74.3 cm³/mol. The Morgan fingerprint density at radius 2 is 2.11 bits per heavy atom. The quantitative estimate of drug-likeness (QED) is 0.807. The number of aliphatic hydroxyl groups excluding tert-OH is 1. The zero-order chi connectivity index (χ0) is 14.2. The molecule has 6 heteroatoms. The summed E-state index contributed by atoms with van der Waals surface area (Å²) < 4.78 is 26.7. The second-order valence-electron chi connectivity index (χ2n) is 5.16. The third-order valence-electron chi connectivity index (χ3n) is 3.77. The second kappa shape index (κ2) is 5.11. The van der Waals surface area contributed by atoms with Crippen LogP contribution in [-0.2, 0) is 10.0 Å². The molecule has 1 atom stereocenters. The molecule has 1 fully saturated rings. The molecule has 0 amide bonds. The number of benzene rings is 1. The number of nitrogen functional groups attached to an aromatic ring is 1. The van der Waals surface area contributed by atoms with Crippen molar-refractivity contribution in [3.8, 4) is 0 Å². The minimum Gasteiger partial charge on any atom is -0.399 e. The number of nitrogens with zero attached hydrogens (tertiary/aromatic N) is 1. The lowest BCUT2D eigenvalue weighted by atomic mass is 10.1. The minimum absolute atomic E-state index is 0.0287. The molecule has 1 heterocycles. The zero-order valence-corrected chi connectivity index (χ0v) is 12.1. The number of hydrogen-bond acceptors (Lipinski definition) is 4. The van der Waals surface area contributed by atoms with E-state index in [4.69, 9.17) is 10.8 Å². The number of hydrogen-bond donors (Lipinski definition) is 2. The molecule has 0 spiro atoms. The third-order valence-corrected chi connectivity index (χ3v) is 5.76. The van der Waals surface area contributed by atoms with E-state index < -0.39 is 10.0 Å². The van der Waals surface area contributed by atoms with Crippen LogP contribution in [0.5, 0.6) is 0 Å². The maximum absolute atomic E-state index is 12.6. The van der Waals surface area contributed by atoms with Gasteiger partial charge in [-0.25, -0.2) is 8.42 Å². The van der Waals surface area contributed by atoms with Gasteiger partial charge in [0.05, 0.1) is 4.90 Å². The predicted octanol–water partition coefficient (Wildman–Crippen LogP) is 0.889. The second-order valence-corrected chi connectivity index (χ2v) is 7.07. The molecule has 1 unspecified atom stereocenters. The summed E-state index contributed by atoms with van der Waals surface area (Å²) in [6, 6.07) is 3.29. The van der Waals surface area contributed by atoms with Gasteiger partial charge in [0.2, 0.25) is 10.0 Å². The fourth-order valence-corrected chi connectivity index (χ4v) is 4.29. The average Bonchev–Trinajstić information content (AvgIpc) is 2.83. The molecule has 0 saturated carbocycles. The van der Waals surface area contributed by atoms with E-state index in [1.54, 1.807) is 13.0 Å². The maximum atomic E-state index is 12.6. The van der Waals surface area contributed by atoms with Crippen LogP contribution in [0.1, 0.15) is 17.5 Å². The molecule has 0 bridgehead atoms. The monoisotopic (exact) mass is 284 g/mol. The van der Waals surface area contributed by atoms with Crippen LogP contribution in [-0.4, -0.2) is 37.5 Å². The Morgan fingerprint density at radius 3 is 2.68 bits per heavy atom. The van der Waals surface area contributed by atoms with Crippen LogP contribution in [0.15, 0.2) is 17.0 Å². The van der Waals surface area contributed by atoms with Crippen molar-refractivity contribution < 1.29 is 13.5 Å². The molecule has 0 aromatic heterocycles. The molecular formula is C13H20N2O3S. The van der Waals surface area contributed by atoms with E-state index in [2.05, 4.69) is 0 Å². The first kappa shape index (κ1) is 14.3. The Bertz CT molecular complexity index is 584. The SMILES string of the molecule is Cc1cc(N)cc(S(=O)(=O)N2CCC(CO)C2)c1C. The molecule has 0 aliphatic carbocycles. The van der Waals surface area contributed by atoms with Crippen molar-refractivity contribution >= 4 is 15.7 Å². The summed E-state index contributed by atoms with van der Waals surface area (Å²) in [6.45, 7) is 4.51. The van der Waals surface area contributed by atoms with E-state index in [9.17, 15) is 8.42 Å². The van der Waals surface area contributed by atoms with E-state index in [1.165, 1.54) is 10.4 Å². The highest BCUT2D eigenvalue weighted by Gasteiger charge is 2.33. The van der Waals surface area contributed by atoms with Crippen LogP contribution in [0.4, 0.5) is 5.69 Å². The lowest BCUT2D eigenvalue weighted by Crippen LogP contribution is -2.30. The van der Waals surface area contributed by atoms with Gasteiger partial charge in [0.25, 0.3) is 0 Å². The van der Waals surface area contributed by atoms with Gasteiger partial charge in [-0.15, -0.1) is 0 Å². The molecule has 1 aromatic carbocycles. The van der Waals surface area contributed by atoms with E-state index in [0.717, 1.165) is 11.1 Å². The lowest BCUT2D eigenvalue weighted by Gasteiger charge is -2.19. The van der Waals surface area contributed by atoms with Crippen LogP contribution in [0.2, 0.25) is 0 Å². The highest BCUT2D eigenvalue weighted by molar-refractivity contribution is 7.89. The number of aliphatic hydroxyl groups is 1. The fraction of sp³-hybridized carbons (Fsp3) is 0.538. The number of aryl methyl sites for hydroxylation is 1. The van der Waals surface area contributed by atoms with Gasteiger partial charge in [-0.2, -0.15) is 4.31 Å². The fourth-order valence-electron chi connectivity index (χ4n) is 2.43. The zero-order valence-electron chi connectivity index (χ0n) is 11.3. The van der Waals surface area contributed by atoms with Gasteiger partial charge in [-0.3, -0.25) is 0 Å². The van der Waals surface area contributed by atoms with Crippen LogP contribution in [0.3, 0.4) is 0 Å². The molecule has 106 valence electrons. The summed E-state index contributed by atoms with van der Waals surface area (Å²) in [5, 5.41) is 9.12. The molecule has 2 rings (SSSR count). The van der Waals surface area contributed by atoms with Crippen molar-refractivity contribution in [3.05, 3.63) is 23.3 Å². The topological polar surface area (TPSA) is 83.6 Å². The largest absolute Gasteiger partial charge is 0.399 e. The average molecular weight is 284 g/mol. The van der Waals surface area contributed by atoms with Crippen LogP contribution in [0.25, 0.3) is 0 Å². The van der Waals surface area contributed by atoms with Crippen molar-refractivity contribution in [1.29, 1.82) is 0 Å². The minimum atomic E-state index is -3.52. The Hall–Kier alpha value is -1.11. The summed E-state index contributed by atoms with van der Waals surface area (Å²) in [7, 11) is -3.52. The van der Waals surface area contributed by atoms with E-state index in [-0.39, 0.29) is 17.4 Å².